The van der Waals surface area contributed by atoms with Crippen molar-refractivity contribution in [3.63, 3.8) is 0 Å². The van der Waals surface area contributed by atoms with Crippen molar-refractivity contribution in [1.82, 2.24) is 4.98 Å². The van der Waals surface area contributed by atoms with Gasteiger partial charge in [-0.3, -0.25) is 9.69 Å². The van der Waals surface area contributed by atoms with Crippen molar-refractivity contribution in [2.45, 2.75) is 20.4 Å². The topological polar surface area (TPSA) is 42.4 Å². The molecule has 5 heteroatoms. The molecule has 0 saturated heterocycles. The van der Waals surface area contributed by atoms with E-state index in [1.807, 2.05) is 78.9 Å². The molecule has 0 N–H and O–H groups in total. The van der Waals surface area contributed by atoms with Gasteiger partial charge in [0.25, 0.3) is 5.91 Å². The first-order chi connectivity index (χ1) is 16.6. The van der Waals surface area contributed by atoms with E-state index in [-0.39, 0.29) is 5.91 Å². The first-order valence-electron chi connectivity index (χ1n) is 11.1. The van der Waals surface area contributed by atoms with Gasteiger partial charge in [0.2, 0.25) is 0 Å². The summed E-state index contributed by atoms with van der Waals surface area (Å²) in [6.45, 7) is 4.55. The van der Waals surface area contributed by atoms with Crippen molar-refractivity contribution >= 4 is 32.6 Å². The molecule has 0 atom stereocenters. The summed E-state index contributed by atoms with van der Waals surface area (Å²) in [5.74, 6) is 1.05. The maximum Gasteiger partial charge on any atom is 0.264 e. The Morgan fingerprint density at radius 3 is 2.32 bits per heavy atom. The van der Waals surface area contributed by atoms with E-state index < -0.39 is 0 Å². The number of amides is 1. The number of thiazole rings is 1. The Kier molecular flexibility index (Phi) is 6.11. The van der Waals surface area contributed by atoms with Crippen molar-refractivity contribution in [3.8, 4) is 11.5 Å². The minimum atomic E-state index is -0.149. The number of rotatable bonds is 6. The van der Waals surface area contributed by atoms with Crippen LogP contribution in [0.5, 0.6) is 11.5 Å². The van der Waals surface area contributed by atoms with E-state index in [2.05, 4.69) is 26.0 Å². The monoisotopic (exact) mass is 464 g/mol. The van der Waals surface area contributed by atoms with Gasteiger partial charge in [-0.1, -0.05) is 78.1 Å². The summed E-state index contributed by atoms with van der Waals surface area (Å²) in [7, 11) is 0. The molecule has 4 aromatic carbocycles. The molecule has 0 unspecified atom stereocenters. The first-order valence-corrected chi connectivity index (χ1v) is 12.0. The molecule has 1 aromatic heterocycles. The number of benzene rings is 4. The van der Waals surface area contributed by atoms with Crippen LogP contribution in [0.2, 0.25) is 0 Å². The van der Waals surface area contributed by atoms with E-state index in [9.17, 15) is 4.79 Å². The molecule has 0 bridgehead atoms. The predicted octanol–water partition coefficient (Wildman–Crippen LogP) is 7.55. The number of ether oxygens (including phenoxy) is 1. The second kappa shape index (κ2) is 9.49. The molecule has 1 amide bonds. The molecular weight excluding hydrogens is 440 g/mol. The van der Waals surface area contributed by atoms with Crippen molar-refractivity contribution in [1.29, 1.82) is 0 Å². The van der Waals surface area contributed by atoms with Gasteiger partial charge in [-0.15, -0.1) is 0 Å². The lowest BCUT2D eigenvalue weighted by atomic mass is 10.1. The Bertz CT molecular complexity index is 1450. The molecule has 168 valence electrons. The lowest BCUT2D eigenvalue weighted by molar-refractivity contribution is 0.0983. The van der Waals surface area contributed by atoms with Crippen molar-refractivity contribution < 1.29 is 9.53 Å². The largest absolute Gasteiger partial charge is 0.457 e. The van der Waals surface area contributed by atoms with Crippen molar-refractivity contribution in [2.24, 2.45) is 0 Å². The minimum Gasteiger partial charge on any atom is -0.457 e. The van der Waals surface area contributed by atoms with E-state index in [4.69, 9.17) is 9.72 Å². The van der Waals surface area contributed by atoms with Gasteiger partial charge in [-0.05, 0) is 60.9 Å². The van der Waals surface area contributed by atoms with Crippen LogP contribution in [0.3, 0.4) is 0 Å². The normalized spacial score (nSPS) is 10.9. The number of carbonyl (C=O) groups is 1. The number of para-hydroxylation sites is 2. The summed E-state index contributed by atoms with van der Waals surface area (Å²) >= 11 is 1.54. The predicted molar refractivity (Wildman–Crippen MR) is 139 cm³/mol. The average molecular weight is 465 g/mol. The molecule has 4 nitrogen and oxygen atoms in total. The first kappa shape index (κ1) is 21.9. The molecule has 0 fully saturated rings. The highest BCUT2D eigenvalue weighted by molar-refractivity contribution is 7.22. The van der Waals surface area contributed by atoms with Gasteiger partial charge in [-0.25, -0.2) is 4.98 Å². The van der Waals surface area contributed by atoms with Gasteiger partial charge in [0.05, 0.1) is 22.3 Å². The van der Waals surface area contributed by atoms with E-state index >= 15 is 0 Å². The molecule has 5 rings (SSSR count). The maximum atomic E-state index is 14.0. The van der Waals surface area contributed by atoms with Crippen molar-refractivity contribution in [2.75, 3.05) is 4.90 Å². The summed E-state index contributed by atoms with van der Waals surface area (Å²) in [5.41, 5.74) is 4.75. The Labute approximate surface area is 203 Å². The Morgan fingerprint density at radius 2 is 1.56 bits per heavy atom. The highest BCUT2D eigenvalue weighted by Crippen LogP contribution is 2.35. The highest BCUT2D eigenvalue weighted by Gasteiger charge is 2.25. The molecule has 1 heterocycles. The zero-order valence-electron chi connectivity index (χ0n) is 19.1. The second-order valence-electron chi connectivity index (χ2n) is 8.21. The molecular formula is C29H24N2O2S. The number of nitrogens with zero attached hydrogens (tertiary/aromatic N) is 2. The fraction of sp³-hybridized carbons (Fsp3) is 0.103. The number of hydrogen-bond acceptors (Lipinski definition) is 4. The van der Waals surface area contributed by atoms with E-state index in [0.29, 0.717) is 28.7 Å². The van der Waals surface area contributed by atoms with Crippen LogP contribution < -0.4 is 9.64 Å². The van der Waals surface area contributed by atoms with Gasteiger partial charge >= 0.3 is 0 Å². The van der Waals surface area contributed by atoms with Crippen LogP contribution >= 0.6 is 11.3 Å². The molecule has 0 radical (unpaired) electrons. The van der Waals surface area contributed by atoms with Crippen LogP contribution in [0.25, 0.3) is 10.2 Å². The SMILES string of the molecule is Cc1cc(C)c2nc(N(Cc3ccccc3)C(=O)c3ccccc3Oc3ccccc3)sc2c1. The number of carbonyl (C=O) groups excluding carboxylic acids is 1. The maximum absolute atomic E-state index is 14.0. The van der Waals surface area contributed by atoms with E-state index in [1.54, 1.807) is 11.0 Å². The number of hydrogen-bond donors (Lipinski definition) is 0. The lowest BCUT2D eigenvalue weighted by Crippen LogP contribution is -2.30. The van der Waals surface area contributed by atoms with Gasteiger partial charge < -0.3 is 4.74 Å². The summed E-state index contributed by atoms with van der Waals surface area (Å²) < 4.78 is 7.17. The Morgan fingerprint density at radius 1 is 0.882 bits per heavy atom. The van der Waals surface area contributed by atoms with Crippen LogP contribution in [0.1, 0.15) is 27.0 Å². The molecule has 0 aliphatic rings. The molecule has 0 aliphatic carbocycles. The van der Waals surface area contributed by atoms with Crippen LogP contribution in [-0.4, -0.2) is 10.9 Å². The minimum absolute atomic E-state index is 0.149. The second-order valence-corrected chi connectivity index (χ2v) is 9.22. The summed E-state index contributed by atoms with van der Waals surface area (Å²) in [4.78, 5) is 20.6. The zero-order chi connectivity index (χ0) is 23.5. The van der Waals surface area contributed by atoms with Crippen LogP contribution in [0.4, 0.5) is 5.13 Å². The fourth-order valence-corrected chi connectivity index (χ4v) is 5.10. The van der Waals surface area contributed by atoms with Gasteiger partial charge in [0.1, 0.15) is 11.5 Å². The smallest absolute Gasteiger partial charge is 0.264 e. The van der Waals surface area contributed by atoms with Crippen LogP contribution in [-0.2, 0) is 6.54 Å². The van der Waals surface area contributed by atoms with Crippen LogP contribution in [0, 0.1) is 13.8 Å². The quantitative estimate of drug-likeness (QED) is 0.260. The van der Waals surface area contributed by atoms with Crippen molar-refractivity contribution in [3.05, 3.63) is 119 Å². The number of aryl methyl sites for hydroxylation is 2. The number of anilines is 1. The highest BCUT2D eigenvalue weighted by atomic mass is 32.1. The third kappa shape index (κ3) is 4.56. The standard InChI is InChI=1S/C29H24N2O2S/c1-20-17-21(2)27-26(18-20)34-29(30-27)31(19-22-11-5-3-6-12-22)28(32)24-15-9-10-16-25(24)33-23-13-7-4-8-14-23/h3-18H,19H2,1-2H3. The number of fused-ring (bicyclic) bond motifs is 1. The fourth-order valence-electron chi connectivity index (χ4n) is 3.96. The summed E-state index contributed by atoms with van der Waals surface area (Å²) in [5, 5.41) is 0.673. The van der Waals surface area contributed by atoms with E-state index in [0.717, 1.165) is 21.3 Å². The molecule has 5 aromatic rings. The summed E-state index contributed by atoms with van der Waals surface area (Å²) in [6, 6.07) is 31.1. The third-order valence-electron chi connectivity index (χ3n) is 5.57. The van der Waals surface area contributed by atoms with Gasteiger partial charge in [0, 0.05) is 0 Å². The third-order valence-corrected chi connectivity index (χ3v) is 6.59. The molecule has 0 saturated carbocycles. The molecule has 0 aliphatic heterocycles. The zero-order valence-corrected chi connectivity index (χ0v) is 19.9. The molecule has 0 spiro atoms. The molecule has 34 heavy (non-hydrogen) atoms. The van der Waals surface area contributed by atoms with Crippen LogP contribution in [0.15, 0.2) is 97.1 Å². The number of aromatic nitrogens is 1. The van der Waals surface area contributed by atoms with E-state index in [1.165, 1.54) is 16.9 Å². The Balaban J connectivity index is 1.58. The van der Waals surface area contributed by atoms with Gasteiger partial charge in [0.15, 0.2) is 5.13 Å². The van der Waals surface area contributed by atoms with Gasteiger partial charge in [-0.2, -0.15) is 0 Å². The Hall–Kier alpha value is -3.96. The summed E-state index contributed by atoms with van der Waals surface area (Å²) in [6.07, 6.45) is 0. The lowest BCUT2D eigenvalue weighted by Gasteiger charge is -2.21. The average Bonchev–Trinajstić information content (AvgIpc) is 3.28.